The van der Waals surface area contributed by atoms with Gasteiger partial charge in [-0.15, -0.1) is 12.4 Å². The molecule has 132 valence electrons. The Hall–Kier alpha value is -1.86. The molecule has 0 aromatic heterocycles. The standard InChI is InChI=1S/C16H22N4O3.ClH/c17-13-5-9-19(10-6-13)16(21)12-3-4-14(15(11-12)20(22)23)18-7-1-2-8-18;/h3-4,11,13H,1-2,5-10,17H2;1H. The number of nitrogens with two attached hydrogens (primary N) is 1. The molecule has 1 amide bonds. The number of hydrogen-bond acceptors (Lipinski definition) is 5. The van der Waals surface area contributed by atoms with Crippen LogP contribution in [0, 0.1) is 10.1 Å². The van der Waals surface area contributed by atoms with Gasteiger partial charge in [-0.05, 0) is 37.8 Å². The third-order valence-corrected chi connectivity index (χ3v) is 4.69. The third kappa shape index (κ3) is 3.79. The summed E-state index contributed by atoms with van der Waals surface area (Å²) in [5.74, 6) is -0.145. The largest absolute Gasteiger partial charge is 0.366 e. The Balaban J connectivity index is 0.00000208. The number of carbonyl (C=O) groups excluding carboxylic acids is 1. The first-order chi connectivity index (χ1) is 11.1. The molecule has 0 spiro atoms. The van der Waals surface area contributed by atoms with E-state index in [1.165, 1.54) is 6.07 Å². The summed E-state index contributed by atoms with van der Waals surface area (Å²) in [4.78, 5) is 27.3. The van der Waals surface area contributed by atoms with E-state index in [4.69, 9.17) is 5.73 Å². The van der Waals surface area contributed by atoms with Gasteiger partial charge >= 0.3 is 0 Å². The van der Waals surface area contributed by atoms with E-state index >= 15 is 0 Å². The Morgan fingerprint density at radius 2 is 1.79 bits per heavy atom. The van der Waals surface area contributed by atoms with Crippen LogP contribution in [-0.4, -0.2) is 48.0 Å². The Bertz CT molecular complexity index is 611. The number of amides is 1. The molecule has 2 fully saturated rings. The van der Waals surface area contributed by atoms with E-state index in [-0.39, 0.29) is 30.0 Å². The molecule has 7 nitrogen and oxygen atoms in total. The predicted molar refractivity (Wildman–Crippen MR) is 94.9 cm³/mol. The van der Waals surface area contributed by atoms with E-state index < -0.39 is 4.92 Å². The second-order valence-electron chi connectivity index (χ2n) is 6.28. The van der Waals surface area contributed by atoms with Crippen LogP contribution in [0.1, 0.15) is 36.0 Å². The van der Waals surface area contributed by atoms with Crippen molar-refractivity contribution in [2.45, 2.75) is 31.7 Å². The van der Waals surface area contributed by atoms with Gasteiger partial charge in [0.2, 0.25) is 0 Å². The maximum absolute atomic E-state index is 12.6. The minimum atomic E-state index is -0.392. The van der Waals surface area contributed by atoms with Crippen LogP contribution in [0.15, 0.2) is 18.2 Å². The van der Waals surface area contributed by atoms with Crippen LogP contribution in [-0.2, 0) is 0 Å². The van der Waals surface area contributed by atoms with Crippen LogP contribution in [0.5, 0.6) is 0 Å². The average molecular weight is 355 g/mol. The molecule has 2 aliphatic rings. The lowest BCUT2D eigenvalue weighted by Gasteiger charge is -2.30. The summed E-state index contributed by atoms with van der Waals surface area (Å²) in [5, 5.41) is 11.4. The third-order valence-electron chi connectivity index (χ3n) is 4.69. The molecule has 0 unspecified atom stereocenters. The molecular formula is C16H23ClN4O3. The molecular weight excluding hydrogens is 332 g/mol. The summed E-state index contributed by atoms with van der Waals surface area (Å²) in [6.07, 6.45) is 3.65. The number of hydrogen-bond donors (Lipinski definition) is 1. The average Bonchev–Trinajstić information content (AvgIpc) is 3.08. The molecule has 0 saturated carbocycles. The minimum absolute atomic E-state index is 0. The summed E-state index contributed by atoms with van der Waals surface area (Å²) < 4.78 is 0. The van der Waals surface area contributed by atoms with Crippen LogP contribution < -0.4 is 10.6 Å². The van der Waals surface area contributed by atoms with Crippen molar-refractivity contribution >= 4 is 29.7 Å². The smallest absolute Gasteiger partial charge is 0.293 e. The Kier molecular flexibility index (Phi) is 6.01. The zero-order valence-corrected chi connectivity index (χ0v) is 14.3. The van der Waals surface area contributed by atoms with Gasteiger partial charge in [0.1, 0.15) is 5.69 Å². The van der Waals surface area contributed by atoms with Crippen LogP contribution in [0.25, 0.3) is 0 Å². The summed E-state index contributed by atoms with van der Waals surface area (Å²) in [6, 6.07) is 4.99. The van der Waals surface area contributed by atoms with Gasteiger partial charge in [-0.3, -0.25) is 14.9 Å². The number of benzene rings is 1. The molecule has 24 heavy (non-hydrogen) atoms. The van der Waals surface area contributed by atoms with Crippen LogP contribution in [0.3, 0.4) is 0 Å². The van der Waals surface area contributed by atoms with E-state index in [9.17, 15) is 14.9 Å². The lowest BCUT2D eigenvalue weighted by molar-refractivity contribution is -0.384. The number of carbonyl (C=O) groups is 1. The first kappa shape index (κ1) is 18.5. The molecule has 0 radical (unpaired) electrons. The van der Waals surface area contributed by atoms with Crippen molar-refractivity contribution in [3.05, 3.63) is 33.9 Å². The molecule has 1 aromatic rings. The van der Waals surface area contributed by atoms with E-state index in [2.05, 4.69) is 0 Å². The number of nitrogens with zero attached hydrogens (tertiary/aromatic N) is 3. The van der Waals surface area contributed by atoms with Crippen molar-refractivity contribution < 1.29 is 9.72 Å². The van der Waals surface area contributed by atoms with Crippen molar-refractivity contribution in [1.82, 2.24) is 4.90 Å². The maximum atomic E-state index is 12.6. The molecule has 2 saturated heterocycles. The van der Waals surface area contributed by atoms with E-state index in [0.29, 0.717) is 24.3 Å². The van der Waals surface area contributed by atoms with Gasteiger partial charge in [-0.2, -0.15) is 0 Å². The van der Waals surface area contributed by atoms with Crippen LogP contribution in [0.4, 0.5) is 11.4 Å². The van der Waals surface area contributed by atoms with Gasteiger partial charge in [-0.25, -0.2) is 0 Å². The molecule has 0 aliphatic carbocycles. The number of piperidine rings is 1. The number of anilines is 1. The molecule has 8 heteroatoms. The quantitative estimate of drug-likeness (QED) is 0.663. The van der Waals surface area contributed by atoms with Crippen molar-refractivity contribution in [1.29, 1.82) is 0 Å². The van der Waals surface area contributed by atoms with E-state index in [1.807, 2.05) is 4.90 Å². The Morgan fingerprint density at radius 3 is 2.38 bits per heavy atom. The van der Waals surface area contributed by atoms with Gasteiger partial charge in [-0.1, -0.05) is 0 Å². The Morgan fingerprint density at radius 1 is 1.17 bits per heavy atom. The fraction of sp³-hybridized carbons (Fsp3) is 0.562. The van der Waals surface area contributed by atoms with Crippen molar-refractivity contribution in [3.63, 3.8) is 0 Å². The van der Waals surface area contributed by atoms with E-state index in [0.717, 1.165) is 38.8 Å². The molecule has 1 aromatic carbocycles. The summed E-state index contributed by atoms with van der Waals surface area (Å²) >= 11 is 0. The molecule has 3 rings (SSSR count). The van der Waals surface area contributed by atoms with Gasteiger partial charge in [0.05, 0.1) is 4.92 Å². The molecule has 0 atom stereocenters. The lowest BCUT2D eigenvalue weighted by Crippen LogP contribution is -2.42. The van der Waals surface area contributed by atoms with E-state index in [1.54, 1.807) is 17.0 Å². The molecule has 2 N–H and O–H groups in total. The fourth-order valence-electron chi connectivity index (χ4n) is 3.31. The number of likely N-dealkylation sites (tertiary alicyclic amines) is 1. The maximum Gasteiger partial charge on any atom is 0.293 e. The second kappa shape index (κ2) is 7.81. The number of halogens is 1. The highest BCUT2D eigenvalue weighted by Crippen LogP contribution is 2.32. The highest BCUT2D eigenvalue weighted by atomic mass is 35.5. The Labute approximate surface area is 147 Å². The normalized spacial score (nSPS) is 18.4. The highest BCUT2D eigenvalue weighted by Gasteiger charge is 2.26. The minimum Gasteiger partial charge on any atom is -0.366 e. The van der Waals surface area contributed by atoms with Gasteiger partial charge in [0.15, 0.2) is 0 Å². The lowest BCUT2D eigenvalue weighted by atomic mass is 10.0. The second-order valence-corrected chi connectivity index (χ2v) is 6.28. The highest BCUT2D eigenvalue weighted by molar-refractivity contribution is 5.96. The predicted octanol–water partition coefficient (Wildman–Crippen LogP) is 2.18. The zero-order chi connectivity index (χ0) is 16.4. The number of nitro benzene ring substituents is 1. The summed E-state index contributed by atoms with van der Waals surface area (Å²) in [5.41, 5.74) is 6.88. The fourth-order valence-corrected chi connectivity index (χ4v) is 3.31. The van der Waals surface area contributed by atoms with Crippen LogP contribution >= 0.6 is 12.4 Å². The number of rotatable bonds is 3. The zero-order valence-electron chi connectivity index (χ0n) is 13.5. The van der Waals surface area contributed by atoms with Crippen LogP contribution in [0.2, 0.25) is 0 Å². The summed E-state index contributed by atoms with van der Waals surface area (Å²) in [7, 11) is 0. The molecule has 0 bridgehead atoms. The SMILES string of the molecule is Cl.NC1CCN(C(=O)c2ccc(N3CCCC3)c([N+](=O)[O-])c2)CC1. The molecule has 2 aliphatic heterocycles. The van der Waals surface area contributed by atoms with Gasteiger partial charge in [0.25, 0.3) is 11.6 Å². The first-order valence-corrected chi connectivity index (χ1v) is 8.14. The van der Waals surface area contributed by atoms with Gasteiger partial charge in [0, 0.05) is 43.9 Å². The van der Waals surface area contributed by atoms with Crippen molar-refractivity contribution in [3.8, 4) is 0 Å². The molecule has 2 heterocycles. The topological polar surface area (TPSA) is 92.7 Å². The van der Waals surface area contributed by atoms with Gasteiger partial charge < -0.3 is 15.5 Å². The summed E-state index contributed by atoms with van der Waals surface area (Å²) in [6.45, 7) is 2.89. The van der Waals surface area contributed by atoms with Crippen molar-refractivity contribution in [2.75, 3.05) is 31.1 Å². The first-order valence-electron chi connectivity index (χ1n) is 8.14. The number of nitro groups is 1. The monoisotopic (exact) mass is 354 g/mol. The van der Waals surface area contributed by atoms with Crippen molar-refractivity contribution in [2.24, 2.45) is 5.73 Å².